The van der Waals surface area contributed by atoms with Crippen molar-refractivity contribution in [2.24, 2.45) is 0 Å². The van der Waals surface area contributed by atoms with Crippen LogP contribution in [0.15, 0.2) is 29.4 Å². The van der Waals surface area contributed by atoms with Crippen LogP contribution in [0.2, 0.25) is 0 Å². The SMILES string of the molecule is N#Cc1cccc(CSc2nnc(C3CCCN3)n2CC2CCCO2)c1. The Morgan fingerprint density at radius 1 is 1.31 bits per heavy atom. The van der Waals surface area contributed by atoms with Gasteiger partial charge < -0.3 is 14.6 Å². The first kappa shape index (κ1) is 17.5. The number of hydrogen-bond acceptors (Lipinski definition) is 6. The summed E-state index contributed by atoms with van der Waals surface area (Å²) in [7, 11) is 0. The maximum absolute atomic E-state index is 9.07. The smallest absolute Gasteiger partial charge is 0.191 e. The van der Waals surface area contributed by atoms with Gasteiger partial charge in [0.15, 0.2) is 11.0 Å². The van der Waals surface area contributed by atoms with E-state index in [4.69, 9.17) is 10.00 Å². The monoisotopic (exact) mass is 369 g/mol. The molecule has 0 aliphatic carbocycles. The first-order chi connectivity index (χ1) is 12.8. The molecule has 7 heteroatoms. The predicted molar refractivity (Wildman–Crippen MR) is 99.7 cm³/mol. The second-order valence-corrected chi connectivity index (χ2v) is 7.78. The normalized spacial score (nSPS) is 22.6. The van der Waals surface area contributed by atoms with Crippen molar-refractivity contribution in [3.63, 3.8) is 0 Å². The average Bonchev–Trinajstić information content (AvgIpc) is 3.43. The molecule has 136 valence electrons. The van der Waals surface area contributed by atoms with Gasteiger partial charge in [-0.2, -0.15) is 5.26 Å². The molecule has 0 amide bonds. The fourth-order valence-electron chi connectivity index (χ4n) is 3.61. The Bertz CT molecular complexity index is 787. The second kappa shape index (κ2) is 8.21. The van der Waals surface area contributed by atoms with E-state index in [1.165, 1.54) is 6.42 Å². The van der Waals surface area contributed by atoms with Gasteiger partial charge in [0.2, 0.25) is 0 Å². The highest BCUT2D eigenvalue weighted by Crippen LogP contribution is 2.29. The Labute approximate surface area is 157 Å². The number of rotatable bonds is 6. The maximum Gasteiger partial charge on any atom is 0.191 e. The third kappa shape index (κ3) is 3.93. The number of hydrogen-bond donors (Lipinski definition) is 1. The highest BCUT2D eigenvalue weighted by molar-refractivity contribution is 7.98. The van der Waals surface area contributed by atoms with E-state index in [0.29, 0.717) is 11.6 Å². The highest BCUT2D eigenvalue weighted by Gasteiger charge is 2.27. The van der Waals surface area contributed by atoms with Crippen LogP contribution in [-0.4, -0.2) is 34.0 Å². The standard InChI is InChI=1S/C19H23N5OS/c20-11-14-4-1-5-15(10-14)13-26-19-23-22-18(17-7-2-8-21-17)24(19)12-16-6-3-9-25-16/h1,4-5,10,16-17,21H,2-3,6-9,12-13H2. The minimum absolute atomic E-state index is 0.257. The second-order valence-electron chi connectivity index (χ2n) is 6.84. The first-order valence-corrected chi connectivity index (χ1v) is 10.2. The molecule has 2 atom stereocenters. The predicted octanol–water partition coefficient (Wildman–Crippen LogP) is 3.05. The van der Waals surface area contributed by atoms with E-state index in [0.717, 1.165) is 61.3 Å². The van der Waals surface area contributed by atoms with Crippen molar-refractivity contribution in [1.29, 1.82) is 5.26 Å². The average molecular weight is 369 g/mol. The van der Waals surface area contributed by atoms with Crippen molar-refractivity contribution in [3.05, 3.63) is 41.2 Å². The van der Waals surface area contributed by atoms with Gasteiger partial charge in [0.25, 0.3) is 0 Å². The van der Waals surface area contributed by atoms with Crippen LogP contribution in [0.1, 0.15) is 48.7 Å². The molecule has 0 bridgehead atoms. The minimum Gasteiger partial charge on any atom is -0.376 e. The van der Waals surface area contributed by atoms with E-state index in [1.807, 2.05) is 24.3 Å². The van der Waals surface area contributed by atoms with Crippen LogP contribution < -0.4 is 5.32 Å². The fourth-order valence-corrected chi connectivity index (χ4v) is 4.51. The Morgan fingerprint density at radius 2 is 2.27 bits per heavy atom. The molecule has 6 nitrogen and oxygen atoms in total. The molecule has 2 aliphatic heterocycles. The van der Waals surface area contributed by atoms with E-state index in [-0.39, 0.29) is 6.10 Å². The van der Waals surface area contributed by atoms with E-state index in [1.54, 1.807) is 11.8 Å². The summed E-state index contributed by atoms with van der Waals surface area (Å²) in [5.41, 5.74) is 1.82. The van der Waals surface area contributed by atoms with Crippen molar-refractivity contribution in [3.8, 4) is 6.07 Å². The largest absolute Gasteiger partial charge is 0.376 e. The number of nitrogens with zero attached hydrogens (tertiary/aromatic N) is 4. The zero-order chi connectivity index (χ0) is 17.8. The molecule has 2 unspecified atom stereocenters. The van der Waals surface area contributed by atoms with Crippen LogP contribution in [0.3, 0.4) is 0 Å². The first-order valence-electron chi connectivity index (χ1n) is 9.23. The van der Waals surface area contributed by atoms with Gasteiger partial charge in [0, 0.05) is 12.4 Å². The van der Waals surface area contributed by atoms with Crippen LogP contribution in [0.5, 0.6) is 0 Å². The zero-order valence-electron chi connectivity index (χ0n) is 14.7. The molecule has 2 aliphatic rings. The summed E-state index contributed by atoms with van der Waals surface area (Å²) in [6, 6.07) is 10.2. The lowest BCUT2D eigenvalue weighted by Gasteiger charge is -2.17. The molecular weight excluding hydrogens is 346 g/mol. The molecule has 0 spiro atoms. The molecule has 3 heterocycles. The lowest BCUT2D eigenvalue weighted by molar-refractivity contribution is 0.0937. The quantitative estimate of drug-likeness (QED) is 0.789. The van der Waals surface area contributed by atoms with Gasteiger partial charge >= 0.3 is 0 Å². The van der Waals surface area contributed by atoms with Gasteiger partial charge in [-0.05, 0) is 49.9 Å². The Hall–Kier alpha value is -1.88. The van der Waals surface area contributed by atoms with Crippen molar-refractivity contribution >= 4 is 11.8 Å². The van der Waals surface area contributed by atoms with Gasteiger partial charge in [-0.1, -0.05) is 23.9 Å². The summed E-state index contributed by atoms with van der Waals surface area (Å²) in [5.74, 6) is 1.81. The minimum atomic E-state index is 0.257. The summed E-state index contributed by atoms with van der Waals surface area (Å²) in [6.45, 7) is 2.72. The molecular formula is C19H23N5OS. The third-order valence-electron chi connectivity index (χ3n) is 4.95. The molecule has 4 rings (SSSR count). The number of benzene rings is 1. The Morgan fingerprint density at radius 3 is 3.04 bits per heavy atom. The lowest BCUT2D eigenvalue weighted by atomic mass is 10.2. The van der Waals surface area contributed by atoms with Crippen LogP contribution >= 0.6 is 11.8 Å². The molecule has 2 aromatic rings. The van der Waals surface area contributed by atoms with E-state index >= 15 is 0 Å². The van der Waals surface area contributed by atoms with E-state index in [2.05, 4.69) is 26.2 Å². The number of ether oxygens (including phenoxy) is 1. The summed E-state index contributed by atoms with van der Waals surface area (Å²) >= 11 is 1.68. The van der Waals surface area contributed by atoms with Gasteiger partial charge in [-0.25, -0.2) is 0 Å². The van der Waals surface area contributed by atoms with Gasteiger partial charge in [0.1, 0.15) is 0 Å². The van der Waals surface area contributed by atoms with Gasteiger partial charge in [-0.3, -0.25) is 0 Å². The van der Waals surface area contributed by atoms with Crippen LogP contribution in [-0.2, 0) is 17.0 Å². The highest BCUT2D eigenvalue weighted by atomic mass is 32.2. The van der Waals surface area contributed by atoms with Crippen LogP contribution in [0, 0.1) is 11.3 Å². The van der Waals surface area contributed by atoms with Crippen molar-refractivity contribution in [2.45, 2.75) is 55.3 Å². The summed E-state index contributed by atoms with van der Waals surface area (Å²) in [4.78, 5) is 0. The van der Waals surface area contributed by atoms with Crippen molar-refractivity contribution < 1.29 is 4.74 Å². The molecule has 2 fully saturated rings. The number of thioether (sulfide) groups is 1. The lowest BCUT2D eigenvalue weighted by Crippen LogP contribution is -2.23. The Balaban J connectivity index is 1.53. The fraction of sp³-hybridized carbons (Fsp3) is 0.526. The summed E-state index contributed by atoms with van der Waals surface area (Å²) in [5, 5.41) is 22.5. The number of aromatic nitrogens is 3. The zero-order valence-corrected chi connectivity index (χ0v) is 15.5. The topological polar surface area (TPSA) is 75.8 Å². The molecule has 26 heavy (non-hydrogen) atoms. The van der Waals surface area contributed by atoms with Gasteiger partial charge in [0.05, 0.1) is 30.3 Å². The molecule has 0 saturated carbocycles. The van der Waals surface area contributed by atoms with Crippen molar-refractivity contribution in [1.82, 2.24) is 20.1 Å². The Kier molecular flexibility index (Phi) is 5.54. The van der Waals surface area contributed by atoms with E-state index in [9.17, 15) is 0 Å². The maximum atomic E-state index is 9.07. The molecule has 1 aromatic heterocycles. The molecule has 2 saturated heterocycles. The molecule has 1 aromatic carbocycles. The number of nitrogens with one attached hydrogen (secondary N) is 1. The molecule has 1 N–H and O–H groups in total. The van der Waals surface area contributed by atoms with Crippen LogP contribution in [0.25, 0.3) is 0 Å². The summed E-state index contributed by atoms with van der Waals surface area (Å²) < 4.78 is 8.10. The van der Waals surface area contributed by atoms with Crippen molar-refractivity contribution in [2.75, 3.05) is 13.2 Å². The number of nitriles is 1. The molecule has 0 radical (unpaired) electrons. The van der Waals surface area contributed by atoms with Gasteiger partial charge in [-0.15, -0.1) is 10.2 Å². The van der Waals surface area contributed by atoms with Crippen LogP contribution in [0.4, 0.5) is 0 Å². The van der Waals surface area contributed by atoms with E-state index < -0.39 is 0 Å². The summed E-state index contributed by atoms with van der Waals surface area (Å²) in [6.07, 6.45) is 4.78. The third-order valence-corrected chi connectivity index (χ3v) is 5.99.